The van der Waals surface area contributed by atoms with Crippen LogP contribution in [-0.4, -0.2) is 50.2 Å². The highest BCUT2D eigenvalue weighted by atomic mass is 32.2. The maximum Gasteiger partial charge on any atom is 0.492 e. The lowest BCUT2D eigenvalue weighted by atomic mass is 9.77. The maximum absolute atomic E-state index is 12.6. The van der Waals surface area contributed by atoms with Gasteiger partial charge in [0.05, 0.1) is 21.3 Å². The number of ether oxygens (including phenoxy) is 1. The van der Waals surface area contributed by atoms with Crippen LogP contribution in [-0.2, 0) is 23.9 Å². The molecule has 0 spiro atoms. The van der Waals surface area contributed by atoms with Gasteiger partial charge in [0.1, 0.15) is 5.60 Å². The van der Waals surface area contributed by atoms with Crippen molar-refractivity contribution in [2.45, 2.75) is 89.3 Å². The molecule has 1 saturated heterocycles. The van der Waals surface area contributed by atoms with Crippen molar-refractivity contribution in [2.75, 3.05) is 6.54 Å². The van der Waals surface area contributed by atoms with E-state index in [9.17, 15) is 13.2 Å². The molecule has 1 aromatic rings. The van der Waals surface area contributed by atoms with Gasteiger partial charge in [0.2, 0.25) is 0 Å². The molecule has 0 saturated carbocycles. The minimum Gasteiger partial charge on any atom is -0.444 e. The minimum atomic E-state index is -3.42. The van der Waals surface area contributed by atoms with Crippen LogP contribution in [0.5, 0.6) is 0 Å². The average molecular weight is 465 g/mol. The zero-order valence-electron chi connectivity index (χ0n) is 20.6. The molecule has 0 atom stereocenters. The third-order valence-corrected chi connectivity index (χ3v) is 7.70. The molecular formula is C23H36BNO6S. The lowest BCUT2D eigenvalue weighted by Gasteiger charge is -2.32. The number of benzene rings is 1. The Morgan fingerprint density at radius 2 is 1.72 bits per heavy atom. The summed E-state index contributed by atoms with van der Waals surface area (Å²) >= 11 is 0. The van der Waals surface area contributed by atoms with E-state index in [4.69, 9.17) is 14.0 Å². The van der Waals surface area contributed by atoms with Gasteiger partial charge in [0.15, 0.2) is 9.84 Å². The van der Waals surface area contributed by atoms with Gasteiger partial charge in [-0.3, -0.25) is 0 Å². The summed E-state index contributed by atoms with van der Waals surface area (Å²) in [5, 5.41) is 2.22. The smallest absolute Gasteiger partial charge is 0.444 e. The quantitative estimate of drug-likeness (QED) is 0.626. The summed E-state index contributed by atoms with van der Waals surface area (Å²) in [6.07, 6.45) is 1.23. The number of carbonyl (C=O) groups excluding carboxylic acids is 1. The fraction of sp³-hybridized carbons (Fsp3) is 0.609. The number of hydrogen-bond donors (Lipinski definition) is 1. The molecule has 178 valence electrons. The van der Waals surface area contributed by atoms with Crippen molar-refractivity contribution in [3.05, 3.63) is 35.3 Å². The number of amides is 1. The first-order valence-corrected chi connectivity index (χ1v) is 12.4. The Morgan fingerprint density at radius 3 is 2.22 bits per heavy atom. The van der Waals surface area contributed by atoms with E-state index >= 15 is 0 Å². The van der Waals surface area contributed by atoms with E-state index < -0.39 is 45.1 Å². The van der Waals surface area contributed by atoms with E-state index in [0.717, 1.165) is 0 Å². The molecule has 1 heterocycles. The third kappa shape index (κ3) is 6.36. The largest absolute Gasteiger partial charge is 0.492 e. The third-order valence-electron chi connectivity index (χ3n) is 5.55. The molecule has 0 unspecified atom stereocenters. The number of hydrogen-bond acceptors (Lipinski definition) is 6. The van der Waals surface area contributed by atoms with Crippen molar-refractivity contribution in [3.8, 4) is 0 Å². The number of alkyl carbamates (subject to hydrolysis) is 1. The van der Waals surface area contributed by atoms with Crippen LogP contribution in [0.2, 0.25) is 0 Å². The predicted molar refractivity (Wildman–Crippen MR) is 127 cm³/mol. The lowest BCUT2D eigenvalue weighted by Crippen LogP contribution is -2.41. The molecule has 2 rings (SSSR count). The van der Waals surface area contributed by atoms with E-state index in [-0.39, 0.29) is 11.4 Å². The molecule has 7 nitrogen and oxygen atoms in total. The number of sulfone groups is 1. The molecule has 1 N–H and O–H groups in total. The summed E-state index contributed by atoms with van der Waals surface area (Å²) in [7, 11) is -4.13. The molecule has 1 aromatic carbocycles. The van der Waals surface area contributed by atoms with Crippen LogP contribution in [0.3, 0.4) is 0 Å². The number of carbonyl (C=O) groups is 1. The Hall–Kier alpha value is -1.84. The van der Waals surface area contributed by atoms with Gasteiger partial charge in [-0.05, 0) is 85.5 Å². The van der Waals surface area contributed by atoms with Gasteiger partial charge in [0.25, 0.3) is 0 Å². The van der Waals surface area contributed by atoms with E-state index in [0.29, 0.717) is 11.0 Å². The molecule has 0 radical (unpaired) electrons. The monoisotopic (exact) mass is 465 g/mol. The first-order chi connectivity index (χ1) is 14.4. The van der Waals surface area contributed by atoms with Crippen molar-refractivity contribution >= 4 is 29.1 Å². The Kier molecular flexibility index (Phi) is 7.59. The zero-order chi connectivity index (χ0) is 24.5. The van der Waals surface area contributed by atoms with Crippen molar-refractivity contribution < 1.29 is 27.3 Å². The van der Waals surface area contributed by atoms with Crippen LogP contribution in [0.25, 0.3) is 6.08 Å². The van der Waals surface area contributed by atoms with E-state index in [1.54, 1.807) is 65.0 Å². The van der Waals surface area contributed by atoms with Gasteiger partial charge in [-0.1, -0.05) is 18.2 Å². The van der Waals surface area contributed by atoms with Crippen molar-refractivity contribution in [1.82, 2.24) is 5.32 Å². The highest BCUT2D eigenvalue weighted by molar-refractivity contribution is 7.92. The molecule has 0 aromatic heterocycles. The SMILES string of the molecule is CC(C)S(=O)(=O)c1cccc(C=C(CNC(=O)OC(C)(C)C)B2OC(C)(C)C(C)(C)O2)c1. The van der Waals surface area contributed by atoms with Gasteiger partial charge < -0.3 is 19.4 Å². The lowest BCUT2D eigenvalue weighted by molar-refractivity contribution is 0.00578. The second kappa shape index (κ2) is 9.19. The van der Waals surface area contributed by atoms with Crippen molar-refractivity contribution in [1.29, 1.82) is 0 Å². The van der Waals surface area contributed by atoms with Crippen LogP contribution in [0.1, 0.15) is 67.9 Å². The second-order valence-electron chi connectivity index (χ2n) is 10.3. The zero-order valence-corrected chi connectivity index (χ0v) is 21.4. The highest BCUT2D eigenvalue weighted by Crippen LogP contribution is 2.38. The van der Waals surface area contributed by atoms with E-state index in [1.807, 2.05) is 27.7 Å². The Morgan fingerprint density at radius 1 is 1.16 bits per heavy atom. The van der Waals surface area contributed by atoms with Gasteiger partial charge in [0, 0.05) is 6.54 Å². The first kappa shape index (κ1) is 26.4. The predicted octanol–water partition coefficient (Wildman–Crippen LogP) is 4.41. The Labute approximate surface area is 193 Å². The average Bonchev–Trinajstić information content (AvgIpc) is 2.84. The summed E-state index contributed by atoms with van der Waals surface area (Å²) in [6.45, 7) is 16.6. The maximum atomic E-state index is 12.6. The van der Waals surface area contributed by atoms with Crippen molar-refractivity contribution in [3.63, 3.8) is 0 Å². The van der Waals surface area contributed by atoms with E-state index in [2.05, 4.69) is 5.32 Å². The molecule has 0 bridgehead atoms. The topological polar surface area (TPSA) is 90.9 Å². The molecule has 1 aliphatic heterocycles. The van der Waals surface area contributed by atoms with Crippen LogP contribution in [0, 0.1) is 0 Å². The number of nitrogens with one attached hydrogen (secondary N) is 1. The molecular weight excluding hydrogens is 429 g/mol. The molecule has 1 fully saturated rings. The minimum absolute atomic E-state index is 0.118. The fourth-order valence-electron chi connectivity index (χ4n) is 2.95. The first-order valence-electron chi connectivity index (χ1n) is 10.8. The summed E-state index contributed by atoms with van der Waals surface area (Å²) in [4.78, 5) is 12.5. The fourth-order valence-corrected chi connectivity index (χ4v) is 4.07. The van der Waals surface area contributed by atoms with Crippen LogP contribution < -0.4 is 5.32 Å². The van der Waals surface area contributed by atoms with Gasteiger partial charge in [-0.15, -0.1) is 0 Å². The van der Waals surface area contributed by atoms with E-state index in [1.165, 1.54) is 0 Å². The summed E-state index contributed by atoms with van der Waals surface area (Å²) in [5.74, 6) is 0. The van der Waals surface area contributed by atoms with Gasteiger partial charge in [-0.2, -0.15) is 0 Å². The molecule has 0 aliphatic carbocycles. The Bertz CT molecular complexity index is 960. The standard InChI is InChI=1S/C23H36BNO6S/c1-16(2)32(27,28)19-12-10-11-17(14-19)13-18(15-25-20(26)29-21(3,4)5)24-30-22(6,7)23(8,9)31-24/h10-14,16H,15H2,1-9H3,(H,25,26). The summed E-state index contributed by atoms with van der Waals surface area (Å²) in [6, 6.07) is 6.70. The van der Waals surface area contributed by atoms with Crippen LogP contribution in [0.15, 0.2) is 34.6 Å². The Balaban J connectivity index is 2.39. The molecule has 32 heavy (non-hydrogen) atoms. The molecule has 1 aliphatic rings. The highest BCUT2D eigenvalue weighted by Gasteiger charge is 2.52. The van der Waals surface area contributed by atoms with Crippen molar-refractivity contribution in [2.24, 2.45) is 0 Å². The van der Waals surface area contributed by atoms with Crippen LogP contribution >= 0.6 is 0 Å². The summed E-state index contributed by atoms with van der Waals surface area (Å²) < 4.78 is 42.9. The van der Waals surface area contributed by atoms with Gasteiger partial charge >= 0.3 is 13.2 Å². The molecule has 9 heteroatoms. The molecule has 1 amide bonds. The van der Waals surface area contributed by atoms with Gasteiger partial charge in [-0.25, -0.2) is 13.2 Å². The van der Waals surface area contributed by atoms with Crippen LogP contribution in [0.4, 0.5) is 4.79 Å². The second-order valence-corrected chi connectivity index (χ2v) is 12.8. The summed E-state index contributed by atoms with van der Waals surface area (Å²) in [5.41, 5.74) is -0.439. The normalized spacial score (nSPS) is 18.7. The number of rotatable bonds is 6.